The number of carbonyl (C=O) groups is 1. The molecular formula is C19H27N5O3. The highest BCUT2D eigenvalue weighted by molar-refractivity contribution is 5.98. The molecule has 0 aliphatic heterocycles. The maximum atomic E-state index is 12.8. The zero-order valence-electron chi connectivity index (χ0n) is 16.4. The van der Waals surface area contributed by atoms with Crippen molar-refractivity contribution >= 4 is 23.5 Å². The second-order valence-electron chi connectivity index (χ2n) is 6.38. The SMILES string of the molecule is COCC(C)Nc1nccc(N(C(=O)NC(C)C)c2ccc(OC)cc2)n1. The third kappa shape index (κ3) is 5.82. The molecule has 0 fully saturated rings. The number of urea groups is 1. The number of ether oxygens (including phenoxy) is 2. The standard InChI is InChI=1S/C19H27N5O3/c1-13(2)21-19(25)24(15-6-8-16(27-5)9-7-15)17-10-11-20-18(23-17)22-14(3)12-26-4/h6-11,13-14H,12H2,1-5H3,(H,21,25)(H,20,22,23). The van der Waals surface area contributed by atoms with Crippen molar-refractivity contribution in [3.63, 3.8) is 0 Å². The smallest absolute Gasteiger partial charge is 0.327 e. The summed E-state index contributed by atoms with van der Waals surface area (Å²) in [6.07, 6.45) is 1.61. The van der Waals surface area contributed by atoms with Crippen LogP contribution in [0.5, 0.6) is 5.75 Å². The van der Waals surface area contributed by atoms with Crippen LogP contribution in [-0.2, 0) is 4.74 Å². The van der Waals surface area contributed by atoms with Gasteiger partial charge in [-0.1, -0.05) is 0 Å². The Kier molecular flexibility index (Phi) is 7.36. The number of benzene rings is 1. The van der Waals surface area contributed by atoms with Gasteiger partial charge in [0, 0.05) is 31.5 Å². The maximum Gasteiger partial charge on any atom is 0.327 e. The molecule has 0 aliphatic carbocycles. The molecule has 2 aromatic rings. The summed E-state index contributed by atoms with van der Waals surface area (Å²) in [7, 11) is 3.24. The topological polar surface area (TPSA) is 88.6 Å². The van der Waals surface area contributed by atoms with Crippen molar-refractivity contribution in [2.24, 2.45) is 0 Å². The van der Waals surface area contributed by atoms with E-state index < -0.39 is 0 Å². The molecular weight excluding hydrogens is 346 g/mol. The van der Waals surface area contributed by atoms with Crippen molar-refractivity contribution in [3.8, 4) is 5.75 Å². The normalized spacial score (nSPS) is 11.8. The Morgan fingerprint density at radius 2 is 1.85 bits per heavy atom. The van der Waals surface area contributed by atoms with Crippen molar-refractivity contribution in [3.05, 3.63) is 36.5 Å². The molecule has 1 aromatic carbocycles. The van der Waals surface area contributed by atoms with E-state index >= 15 is 0 Å². The fourth-order valence-corrected chi connectivity index (χ4v) is 2.45. The monoisotopic (exact) mass is 373 g/mol. The fraction of sp³-hybridized carbons (Fsp3) is 0.421. The van der Waals surface area contributed by atoms with Crippen LogP contribution in [0, 0.1) is 0 Å². The van der Waals surface area contributed by atoms with Crippen molar-refractivity contribution in [1.29, 1.82) is 0 Å². The first-order chi connectivity index (χ1) is 12.9. The number of nitrogens with zero attached hydrogens (tertiary/aromatic N) is 3. The van der Waals surface area contributed by atoms with Crippen LogP contribution in [0.25, 0.3) is 0 Å². The maximum absolute atomic E-state index is 12.8. The Morgan fingerprint density at radius 1 is 1.15 bits per heavy atom. The Bertz CT molecular complexity index is 736. The van der Waals surface area contributed by atoms with E-state index in [4.69, 9.17) is 9.47 Å². The Labute approximate surface area is 159 Å². The number of methoxy groups -OCH3 is 2. The van der Waals surface area contributed by atoms with Crippen LogP contribution in [0.3, 0.4) is 0 Å². The third-order valence-electron chi connectivity index (χ3n) is 3.61. The van der Waals surface area contributed by atoms with Gasteiger partial charge < -0.3 is 20.1 Å². The summed E-state index contributed by atoms with van der Waals surface area (Å²) in [5.74, 6) is 1.59. The van der Waals surface area contributed by atoms with E-state index in [1.165, 1.54) is 4.90 Å². The summed E-state index contributed by atoms with van der Waals surface area (Å²) in [6.45, 7) is 6.29. The average Bonchev–Trinajstić information content (AvgIpc) is 2.62. The second-order valence-corrected chi connectivity index (χ2v) is 6.38. The highest BCUT2D eigenvalue weighted by atomic mass is 16.5. The van der Waals surface area contributed by atoms with Gasteiger partial charge in [0.25, 0.3) is 0 Å². The minimum atomic E-state index is -0.273. The largest absolute Gasteiger partial charge is 0.497 e. The van der Waals surface area contributed by atoms with Gasteiger partial charge in [0.1, 0.15) is 11.6 Å². The lowest BCUT2D eigenvalue weighted by molar-refractivity contribution is 0.190. The molecule has 0 bridgehead atoms. The minimum Gasteiger partial charge on any atom is -0.497 e. The van der Waals surface area contributed by atoms with Gasteiger partial charge in [0.15, 0.2) is 0 Å². The number of nitrogens with one attached hydrogen (secondary N) is 2. The van der Waals surface area contributed by atoms with Crippen LogP contribution in [0.1, 0.15) is 20.8 Å². The summed E-state index contributed by atoms with van der Waals surface area (Å²) in [5.41, 5.74) is 0.670. The first-order valence-electron chi connectivity index (χ1n) is 8.77. The summed E-state index contributed by atoms with van der Waals surface area (Å²) < 4.78 is 10.3. The van der Waals surface area contributed by atoms with E-state index in [9.17, 15) is 4.79 Å². The van der Waals surface area contributed by atoms with Gasteiger partial charge in [0.2, 0.25) is 5.95 Å². The lowest BCUT2D eigenvalue weighted by Crippen LogP contribution is -2.41. The highest BCUT2D eigenvalue weighted by Crippen LogP contribution is 2.26. The molecule has 1 heterocycles. The first kappa shape index (κ1) is 20.4. The molecule has 2 rings (SSSR count). The average molecular weight is 373 g/mol. The van der Waals surface area contributed by atoms with Crippen molar-refractivity contribution < 1.29 is 14.3 Å². The lowest BCUT2D eigenvalue weighted by atomic mass is 10.2. The van der Waals surface area contributed by atoms with Crippen molar-refractivity contribution in [2.45, 2.75) is 32.9 Å². The van der Waals surface area contributed by atoms with E-state index in [0.717, 1.165) is 0 Å². The molecule has 0 saturated carbocycles. The fourth-order valence-electron chi connectivity index (χ4n) is 2.45. The summed E-state index contributed by atoms with van der Waals surface area (Å²) in [6, 6.07) is 8.64. The molecule has 8 nitrogen and oxygen atoms in total. The number of anilines is 3. The van der Waals surface area contributed by atoms with E-state index in [1.54, 1.807) is 38.6 Å². The predicted molar refractivity (Wildman–Crippen MR) is 106 cm³/mol. The molecule has 2 N–H and O–H groups in total. The van der Waals surface area contributed by atoms with Crippen LogP contribution in [0.15, 0.2) is 36.5 Å². The van der Waals surface area contributed by atoms with E-state index in [2.05, 4.69) is 20.6 Å². The highest BCUT2D eigenvalue weighted by Gasteiger charge is 2.21. The quantitative estimate of drug-likeness (QED) is 0.739. The van der Waals surface area contributed by atoms with Crippen LogP contribution < -0.4 is 20.3 Å². The number of rotatable bonds is 8. The van der Waals surface area contributed by atoms with Crippen molar-refractivity contribution in [1.82, 2.24) is 15.3 Å². The number of hydrogen-bond donors (Lipinski definition) is 2. The van der Waals surface area contributed by atoms with Crippen molar-refractivity contribution in [2.75, 3.05) is 31.0 Å². The Hall–Kier alpha value is -2.87. The molecule has 0 saturated heterocycles. The van der Waals surface area contributed by atoms with E-state index in [0.29, 0.717) is 29.8 Å². The molecule has 1 aromatic heterocycles. The molecule has 0 aliphatic rings. The molecule has 0 spiro atoms. The van der Waals surface area contributed by atoms with E-state index in [1.807, 2.05) is 32.9 Å². The molecule has 0 radical (unpaired) electrons. The number of hydrogen-bond acceptors (Lipinski definition) is 6. The number of aromatic nitrogens is 2. The van der Waals surface area contributed by atoms with Gasteiger partial charge in [-0.05, 0) is 45.0 Å². The summed E-state index contributed by atoms with van der Waals surface area (Å²) in [5, 5.41) is 6.07. The van der Waals surface area contributed by atoms with Gasteiger partial charge in [0.05, 0.1) is 19.4 Å². The van der Waals surface area contributed by atoms with Gasteiger partial charge >= 0.3 is 6.03 Å². The van der Waals surface area contributed by atoms with Gasteiger partial charge in [-0.25, -0.2) is 14.7 Å². The number of amides is 2. The Balaban J connectivity index is 2.36. The first-order valence-corrected chi connectivity index (χ1v) is 8.77. The lowest BCUT2D eigenvalue weighted by Gasteiger charge is -2.24. The zero-order valence-corrected chi connectivity index (χ0v) is 16.4. The van der Waals surface area contributed by atoms with Crippen LogP contribution in [0.2, 0.25) is 0 Å². The molecule has 27 heavy (non-hydrogen) atoms. The molecule has 1 unspecified atom stereocenters. The van der Waals surface area contributed by atoms with Crippen LogP contribution in [0.4, 0.5) is 22.2 Å². The molecule has 8 heteroatoms. The number of carbonyl (C=O) groups excluding carboxylic acids is 1. The molecule has 146 valence electrons. The Morgan fingerprint density at radius 3 is 2.44 bits per heavy atom. The minimum absolute atomic E-state index is 0.0144. The van der Waals surface area contributed by atoms with Gasteiger partial charge in [-0.15, -0.1) is 0 Å². The molecule has 2 amide bonds. The second kappa shape index (κ2) is 9.72. The summed E-state index contributed by atoms with van der Waals surface area (Å²) >= 11 is 0. The summed E-state index contributed by atoms with van der Waals surface area (Å²) in [4.78, 5) is 23.1. The third-order valence-corrected chi connectivity index (χ3v) is 3.61. The van der Waals surface area contributed by atoms with Crippen LogP contribution in [-0.4, -0.2) is 48.9 Å². The molecule has 1 atom stereocenters. The predicted octanol–water partition coefficient (Wildman–Crippen LogP) is 3.19. The van der Waals surface area contributed by atoms with E-state index in [-0.39, 0.29) is 18.1 Å². The van der Waals surface area contributed by atoms with Crippen LogP contribution >= 0.6 is 0 Å². The zero-order chi connectivity index (χ0) is 19.8. The van der Waals surface area contributed by atoms with Gasteiger partial charge in [-0.3, -0.25) is 0 Å². The van der Waals surface area contributed by atoms with Gasteiger partial charge in [-0.2, -0.15) is 4.98 Å².